The third-order valence-corrected chi connectivity index (χ3v) is 12.3. The van der Waals surface area contributed by atoms with E-state index in [1.165, 1.54) is 71.1 Å². The lowest BCUT2D eigenvalue weighted by atomic mass is 9.94. The van der Waals surface area contributed by atoms with E-state index in [1.54, 1.807) is 0 Å². The molecule has 0 aliphatic rings. The van der Waals surface area contributed by atoms with Gasteiger partial charge in [0.2, 0.25) is 0 Å². The Kier molecular flexibility index (Phi) is 8.17. The molecule has 0 aliphatic heterocycles. The summed E-state index contributed by atoms with van der Waals surface area (Å²) in [7, 11) is 0. The Hall–Kier alpha value is -8.14. The Balaban J connectivity index is 1.13. The van der Waals surface area contributed by atoms with Gasteiger partial charge in [-0.15, -0.1) is 0 Å². The van der Waals surface area contributed by atoms with Crippen molar-refractivity contribution < 1.29 is 0 Å². The second kappa shape index (κ2) is 14.3. The van der Waals surface area contributed by atoms with E-state index in [0.29, 0.717) is 0 Å². The van der Waals surface area contributed by atoms with Gasteiger partial charge in [-0.3, -0.25) is 0 Å². The zero-order chi connectivity index (χ0) is 40.3. The van der Waals surface area contributed by atoms with Crippen molar-refractivity contribution in [2.24, 2.45) is 0 Å². The molecule has 0 aliphatic carbocycles. The topological polar surface area (TPSA) is 13.1 Å². The number of fused-ring (bicyclic) bond motifs is 7. The normalized spacial score (nSPS) is 11.6. The van der Waals surface area contributed by atoms with Crippen LogP contribution < -0.4 is 4.90 Å². The van der Waals surface area contributed by atoms with Crippen molar-refractivity contribution >= 4 is 71.4 Å². The van der Waals surface area contributed by atoms with E-state index < -0.39 is 0 Å². The van der Waals surface area contributed by atoms with Crippen LogP contribution in [0.4, 0.5) is 17.1 Å². The van der Waals surface area contributed by atoms with Crippen molar-refractivity contribution in [3.05, 3.63) is 237 Å². The van der Waals surface area contributed by atoms with Gasteiger partial charge in [0.1, 0.15) is 0 Å². The molecule has 0 N–H and O–H groups in total. The number of hydrogen-bond donors (Lipinski definition) is 0. The molecule has 0 saturated heterocycles. The SMILES string of the molecule is c1ccc(-c2ccccc2N(c2ccc(-c3ccc4c5ccccc5n(-c5ccccc5)c4c3)c3ccccc23)c2cccc3c2c2ccccc2n3-c2ccccc2)cc1. The molecule has 2 heterocycles. The Morgan fingerprint density at radius 1 is 0.262 bits per heavy atom. The Bertz CT molecular complexity index is 3580. The van der Waals surface area contributed by atoms with Crippen molar-refractivity contribution in [1.82, 2.24) is 9.13 Å². The second-order valence-corrected chi connectivity index (χ2v) is 15.7. The van der Waals surface area contributed by atoms with Crippen molar-refractivity contribution in [1.29, 1.82) is 0 Å². The number of nitrogens with zero attached hydrogens (tertiary/aromatic N) is 3. The molecular formula is C58H39N3. The number of hydrogen-bond acceptors (Lipinski definition) is 1. The van der Waals surface area contributed by atoms with Gasteiger partial charge in [0.25, 0.3) is 0 Å². The van der Waals surface area contributed by atoms with Gasteiger partial charge in [0.05, 0.1) is 39.1 Å². The second-order valence-electron chi connectivity index (χ2n) is 15.7. The Morgan fingerprint density at radius 3 is 1.52 bits per heavy atom. The average molecular weight is 778 g/mol. The van der Waals surface area contributed by atoms with E-state index in [2.05, 4.69) is 251 Å². The molecule has 12 aromatic rings. The summed E-state index contributed by atoms with van der Waals surface area (Å²) in [6, 6.07) is 86.0. The molecule has 286 valence electrons. The Morgan fingerprint density at radius 2 is 0.787 bits per heavy atom. The number of benzene rings is 10. The fraction of sp³-hybridized carbons (Fsp3) is 0. The molecule has 0 spiro atoms. The lowest BCUT2D eigenvalue weighted by molar-refractivity contribution is 1.18. The van der Waals surface area contributed by atoms with Crippen molar-refractivity contribution in [2.75, 3.05) is 4.90 Å². The molecule has 10 aromatic carbocycles. The van der Waals surface area contributed by atoms with E-state index in [0.717, 1.165) is 34.0 Å². The zero-order valence-electron chi connectivity index (χ0n) is 33.4. The van der Waals surface area contributed by atoms with Gasteiger partial charge >= 0.3 is 0 Å². The van der Waals surface area contributed by atoms with Crippen LogP contribution in [0.1, 0.15) is 0 Å². The largest absolute Gasteiger partial charge is 0.309 e. The average Bonchev–Trinajstić information content (AvgIpc) is 3.86. The summed E-state index contributed by atoms with van der Waals surface area (Å²) in [5.41, 5.74) is 15.1. The predicted octanol–water partition coefficient (Wildman–Crippen LogP) is 15.8. The van der Waals surface area contributed by atoms with Crippen LogP contribution in [-0.2, 0) is 0 Å². The van der Waals surface area contributed by atoms with E-state index in [4.69, 9.17) is 0 Å². The molecule has 0 bridgehead atoms. The minimum atomic E-state index is 1.12. The van der Waals surface area contributed by atoms with Crippen molar-refractivity contribution in [2.45, 2.75) is 0 Å². The number of rotatable bonds is 7. The third kappa shape index (κ3) is 5.59. The maximum atomic E-state index is 2.51. The smallest absolute Gasteiger partial charge is 0.0562 e. The Labute approximate surface area is 354 Å². The van der Waals surface area contributed by atoms with Gasteiger partial charge in [-0.25, -0.2) is 0 Å². The molecule has 2 aromatic heterocycles. The maximum Gasteiger partial charge on any atom is 0.0562 e. The highest BCUT2D eigenvalue weighted by molar-refractivity contribution is 6.19. The molecule has 3 heteroatoms. The molecule has 12 rings (SSSR count). The standard InChI is InChI=1S/C58H39N3/c1-4-19-40(20-5-1)45-25-12-15-30-51(45)61(56-34-18-33-55-58(56)50-29-14-17-32-53(50)59(55)42-21-6-2-7-22-42)54-38-37-44(46-26-10-11-27-47(46)54)41-35-36-49-48-28-13-16-31-52(48)60(57(49)39-41)43-23-8-3-9-24-43/h1-39H. The van der Waals surface area contributed by atoms with Gasteiger partial charge in [0.15, 0.2) is 0 Å². The highest BCUT2D eigenvalue weighted by Crippen LogP contribution is 2.49. The van der Waals surface area contributed by atoms with Gasteiger partial charge in [-0.05, 0) is 88.8 Å². The highest BCUT2D eigenvalue weighted by atomic mass is 15.2. The van der Waals surface area contributed by atoms with Crippen LogP contribution in [0.2, 0.25) is 0 Å². The van der Waals surface area contributed by atoms with Gasteiger partial charge in [-0.1, -0.05) is 170 Å². The lowest BCUT2D eigenvalue weighted by Crippen LogP contribution is -2.12. The summed E-state index contributed by atoms with van der Waals surface area (Å²) >= 11 is 0. The van der Waals surface area contributed by atoms with Crippen LogP contribution in [0.5, 0.6) is 0 Å². The monoisotopic (exact) mass is 777 g/mol. The third-order valence-electron chi connectivity index (χ3n) is 12.3. The van der Waals surface area contributed by atoms with Crippen LogP contribution in [-0.4, -0.2) is 9.13 Å². The van der Waals surface area contributed by atoms with Gasteiger partial charge in [0, 0.05) is 43.9 Å². The van der Waals surface area contributed by atoms with Crippen molar-refractivity contribution in [3.63, 3.8) is 0 Å². The summed E-state index contributed by atoms with van der Waals surface area (Å²) in [4.78, 5) is 2.51. The quantitative estimate of drug-likeness (QED) is 0.157. The van der Waals surface area contributed by atoms with Crippen LogP contribution in [0, 0.1) is 0 Å². The minimum absolute atomic E-state index is 1.12. The summed E-state index contributed by atoms with van der Waals surface area (Å²) in [5, 5.41) is 7.29. The summed E-state index contributed by atoms with van der Waals surface area (Å²) < 4.78 is 4.81. The summed E-state index contributed by atoms with van der Waals surface area (Å²) in [6.45, 7) is 0. The summed E-state index contributed by atoms with van der Waals surface area (Å²) in [5.74, 6) is 0. The van der Waals surface area contributed by atoms with E-state index in [1.807, 2.05) is 0 Å². The molecule has 0 atom stereocenters. The summed E-state index contributed by atoms with van der Waals surface area (Å²) in [6.07, 6.45) is 0. The highest BCUT2D eigenvalue weighted by Gasteiger charge is 2.25. The molecule has 61 heavy (non-hydrogen) atoms. The molecule has 0 amide bonds. The first-order valence-corrected chi connectivity index (χ1v) is 20.9. The van der Waals surface area contributed by atoms with Crippen molar-refractivity contribution in [3.8, 4) is 33.6 Å². The molecule has 3 nitrogen and oxygen atoms in total. The first-order valence-electron chi connectivity index (χ1n) is 20.9. The molecule has 0 saturated carbocycles. The fourth-order valence-corrected chi connectivity index (χ4v) is 9.68. The van der Waals surface area contributed by atoms with Gasteiger partial charge in [-0.2, -0.15) is 0 Å². The number of aromatic nitrogens is 2. The number of anilines is 3. The van der Waals surface area contributed by atoms with E-state index >= 15 is 0 Å². The van der Waals surface area contributed by atoms with Crippen LogP contribution in [0.25, 0.3) is 88.0 Å². The lowest BCUT2D eigenvalue weighted by Gasteiger charge is -2.30. The first kappa shape index (κ1) is 34.9. The van der Waals surface area contributed by atoms with Gasteiger partial charge < -0.3 is 14.0 Å². The van der Waals surface area contributed by atoms with E-state index in [-0.39, 0.29) is 0 Å². The maximum absolute atomic E-state index is 2.51. The number of para-hydroxylation sites is 5. The molecule has 0 unspecified atom stereocenters. The predicted molar refractivity (Wildman–Crippen MR) is 258 cm³/mol. The fourth-order valence-electron chi connectivity index (χ4n) is 9.68. The minimum Gasteiger partial charge on any atom is -0.309 e. The molecular weight excluding hydrogens is 739 g/mol. The first-order chi connectivity index (χ1) is 30.3. The van der Waals surface area contributed by atoms with Crippen LogP contribution >= 0.6 is 0 Å². The van der Waals surface area contributed by atoms with Crippen LogP contribution in [0.3, 0.4) is 0 Å². The van der Waals surface area contributed by atoms with Crippen LogP contribution in [0.15, 0.2) is 237 Å². The molecule has 0 fully saturated rings. The molecule has 0 radical (unpaired) electrons. The van der Waals surface area contributed by atoms with E-state index in [9.17, 15) is 0 Å². The zero-order valence-corrected chi connectivity index (χ0v) is 33.4.